The van der Waals surface area contributed by atoms with Crippen LogP contribution >= 0.6 is 0 Å². The van der Waals surface area contributed by atoms with E-state index in [0.29, 0.717) is 6.42 Å². The van der Waals surface area contributed by atoms with Crippen LogP contribution in [0.15, 0.2) is 36.8 Å². The molecular weight excluding hydrogens is 294 g/mol. The molecule has 120 valence electrons. The van der Waals surface area contributed by atoms with Gasteiger partial charge < -0.3 is 14.2 Å². The van der Waals surface area contributed by atoms with E-state index in [0.717, 1.165) is 16.9 Å². The zero-order valence-corrected chi connectivity index (χ0v) is 13.2. The van der Waals surface area contributed by atoms with Gasteiger partial charge in [-0.25, -0.2) is 4.98 Å². The molecule has 0 saturated heterocycles. The maximum absolute atomic E-state index is 12.8. The summed E-state index contributed by atoms with van der Waals surface area (Å²) in [5.74, 6) is -0.339. The lowest BCUT2D eigenvalue weighted by Gasteiger charge is -2.25. The van der Waals surface area contributed by atoms with Gasteiger partial charge in [0, 0.05) is 24.6 Å². The highest BCUT2D eigenvalue weighted by Gasteiger charge is 2.35. The molecule has 3 rings (SSSR count). The number of esters is 1. The van der Waals surface area contributed by atoms with Crippen LogP contribution in [0.25, 0.3) is 0 Å². The van der Waals surface area contributed by atoms with Gasteiger partial charge in [0.25, 0.3) is 0 Å². The van der Waals surface area contributed by atoms with Crippen molar-refractivity contribution >= 4 is 17.6 Å². The number of anilines is 1. The summed E-state index contributed by atoms with van der Waals surface area (Å²) >= 11 is 0. The first-order valence-electron chi connectivity index (χ1n) is 7.52. The molecule has 0 saturated carbocycles. The fraction of sp³-hybridized carbons (Fsp3) is 0.353. The third kappa shape index (κ3) is 2.97. The Hall–Kier alpha value is -2.63. The zero-order valence-electron chi connectivity index (χ0n) is 13.2. The Morgan fingerprint density at radius 1 is 1.35 bits per heavy atom. The molecule has 1 aliphatic heterocycles. The Balaban J connectivity index is 1.87. The van der Waals surface area contributed by atoms with Crippen molar-refractivity contribution in [2.24, 2.45) is 7.05 Å². The first kappa shape index (κ1) is 15.3. The molecule has 1 aromatic carbocycles. The van der Waals surface area contributed by atoms with Crippen LogP contribution in [0.3, 0.4) is 0 Å². The van der Waals surface area contributed by atoms with Gasteiger partial charge in [0.2, 0.25) is 5.91 Å². The van der Waals surface area contributed by atoms with E-state index in [1.807, 2.05) is 35.9 Å². The average Bonchev–Trinajstić information content (AvgIpc) is 3.10. The van der Waals surface area contributed by atoms with Crippen LogP contribution in [-0.4, -0.2) is 34.6 Å². The van der Waals surface area contributed by atoms with Crippen LogP contribution in [0, 0.1) is 0 Å². The quantitative estimate of drug-likeness (QED) is 0.802. The topological polar surface area (TPSA) is 64.4 Å². The average molecular weight is 313 g/mol. The highest BCUT2D eigenvalue weighted by Crippen LogP contribution is 2.34. The highest BCUT2D eigenvalue weighted by atomic mass is 16.5. The fourth-order valence-electron chi connectivity index (χ4n) is 3.03. The van der Waals surface area contributed by atoms with Crippen molar-refractivity contribution < 1.29 is 14.3 Å². The molecule has 0 fully saturated rings. The molecule has 0 bridgehead atoms. The molecule has 0 aliphatic carbocycles. The van der Waals surface area contributed by atoms with E-state index in [2.05, 4.69) is 4.98 Å². The van der Waals surface area contributed by atoms with Crippen LogP contribution < -0.4 is 4.90 Å². The van der Waals surface area contributed by atoms with Gasteiger partial charge >= 0.3 is 5.97 Å². The minimum absolute atomic E-state index is 0.0348. The third-order valence-electron chi connectivity index (χ3n) is 4.22. The monoisotopic (exact) mass is 313 g/mol. The molecule has 0 N–H and O–H groups in total. The Morgan fingerprint density at radius 3 is 2.83 bits per heavy atom. The molecule has 1 aliphatic rings. The SMILES string of the molecule is COC(=O)C[C@@H]1Cc2ccccc2N1C(=O)Cc1cncn1C. The van der Waals surface area contributed by atoms with Crippen LogP contribution in [-0.2, 0) is 34.2 Å². The van der Waals surface area contributed by atoms with E-state index in [1.54, 1.807) is 17.4 Å². The predicted molar refractivity (Wildman–Crippen MR) is 85.0 cm³/mol. The molecule has 0 unspecified atom stereocenters. The molecule has 1 aromatic heterocycles. The number of para-hydroxylation sites is 1. The lowest BCUT2D eigenvalue weighted by molar-refractivity contribution is -0.141. The molecule has 2 aromatic rings. The largest absolute Gasteiger partial charge is 0.469 e. The molecule has 2 heterocycles. The molecule has 1 amide bonds. The number of nitrogens with zero attached hydrogens (tertiary/aromatic N) is 3. The number of ether oxygens (including phenoxy) is 1. The van der Waals surface area contributed by atoms with Crippen molar-refractivity contribution in [1.82, 2.24) is 9.55 Å². The summed E-state index contributed by atoms with van der Waals surface area (Å²) in [4.78, 5) is 30.3. The number of fused-ring (bicyclic) bond motifs is 1. The van der Waals surface area contributed by atoms with Gasteiger partial charge in [0.05, 0.1) is 32.3 Å². The van der Waals surface area contributed by atoms with Crippen molar-refractivity contribution in [1.29, 1.82) is 0 Å². The molecule has 1 atom stereocenters. The Bertz CT molecular complexity index is 738. The number of benzene rings is 1. The van der Waals surface area contributed by atoms with E-state index >= 15 is 0 Å². The predicted octanol–water partition coefficient (Wildman–Crippen LogP) is 1.48. The molecular formula is C17H19N3O3. The lowest BCUT2D eigenvalue weighted by atomic mass is 10.1. The lowest BCUT2D eigenvalue weighted by Crippen LogP contribution is -2.40. The van der Waals surface area contributed by atoms with E-state index in [-0.39, 0.29) is 30.8 Å². The van der Waals surface area contributed by atoms with Gasteiger partial charge in [-0.2, -0.15) is 0 Å². The van der Waals surface area contributed by atoms with Gasteiger partial charge in [-0.05, 0) is 18.1 Å². The van der Waals surface area contributed by atoms with E-state index in [9.17, 15) is 9.59 Å². The van der Waals surface area contributed by atoms with Gasteiger partial charge in [0.1, 0.15) is 0 Å². The summed E-state index contributed by atoms with van der Waals surface area (Å²) in [6, 6.07) is 7.58. The Morgan fingerprint density at radius 2 is 2.13 bits per heavy atom. The summed E-state index contributed by atoms with van der Waals surface area (Å²) < 4.78 is 6.60. The van der Waals surface area contributed by atoms with Crippen molar-refractivity contribution in [2.45, 2.75) is 25.3 Å². The normalized spacial score (nSPS) is 16.3. The van der Waals surface area contributed by atoms with Crippen molar-refractivity contribution in [2.75, 3.05) is 12.0 Å². The smallest absolute Gasteiger partial charge is 0.307 e. The third-order valence-corrected chi connectivity index (χ3v) is 4.22. The fourth-order valence-corrected chi connectivity index (χ4v) is 3.03. The van der Waals surface area contributed by atoms with Gasteiger partial charge in [-0.1, -0.05) is 18.2 Å². The maximum Gasteiger partial charge on any atom is 0.307 e. The van der Waals surface area contributed by atoms with E-state index in [1.165, 1.54) is 7.11 Å². The number of methoxy groups -OCH3 is 1. The van der Waals surface area contributed by atoms with Gasteiger partial charge in [0.15, 0.2) is 0 Å². The summed E-state index contributed by atoms with van der Waals surface area (Å²) in [6.07, 6.45) is 4.48. The first-order valence-corrected chi connectivity index (χ1v) is 7.52. The molecule has 23 heavy (non-hydrogen) atoms. The second kappa shape index (κ2) is 6.24. The van der Waals surface area contributed by atoms with E-state index in [4.69, 9.17) is 4.74 Å². The summed E-state index contributed by atoms with van der Waals surface area (Å²) in [6.45, 7) is 0. The minimum Gasteiger partial charge on any atom is -0.469 e. The maximum atomic E-state index is 12.8. The summed E-state index contributed by atoms with van der Waals surface area (Å²) in [7, 11) is 3.23. The number of imidazole rings is 1. The van der Waals surface area contributed by atoms with E-state index < -0.39 is 0 Å². The Labute approximate surface area is 134 Å². The first-order chi connectivity index (χ1) is 11.1. The molecule has 6 heteroatoms. The second-order valence-corrected chi connectivity index (χ2v) is 5.70. The number of hydrogen-bond donors (Lipinski definition) is 0. The minimum atomic E-state index is -0.305. The van der Waals surface area contributed by atoms with Crippen molar-refractivity contribution in [3.63, 3.8) is 0 Å². The van der Waals surface area contributed by atoms with Crippen molar-refractivity contribution in [3.8, 4) is 0 Å². The number of aryl methyl sites for hydroxylation is 1. The second-order valence-electron chi connectivity index (χ2n) is 5.70. The summed E-state index contributed by atoms with van der Waals surface area (Å²) in [5.41, 5.74) is 2.81. The Kier molecular flexibility index (Phi) is 4.14. The van der Waals surface area contributed by atoms with Crippen LogP contribution in [0.4, 0.5) is 5.69 Å². The zero-order chi connectivity index (χ0) is 16.4. The molecule has 0 radical (unpaired) electrons. The van der Waals surface area contributed by atoms with Gasteiger partial charge in [-0.3, -0.25) is 9.59 Å². The number of hydrogen-bond acceptors (Lipinski definition) is 4. The molecule has 6 nitrogen and oxygen atoms in total. The van der Waals surface area contributed by atoms with Crippen LogP contribution in [0.5, 0.6) is 0 Å². The van der Waals surface area contributed by atoms with Gasteiger partial charge in [-0.15, -0.1) is 0 Å². The number of carbonyl (C=O) groups excluding carboxylic acids is 2. The standard InChI is InChI=1S/C17H19N3O3/c1-19-11-18-10-14(19)8-16(21)20-13(9-17(22)23-2)7-12-5-3-4-6-15(12)20/h3-6,10-11,13H,7-9H2,1-2H3/t13-/m0/s1. The number of rotatable bonds is 4. The highest BCUT2D eigenvalue weighted by molar-refractivity contribution is 5.98. The number of aromatic nitrogens is 2. The molecule has 0 spiro atoms. The van der Waals surface area contributed by atoms with Crippen molar-refractivity contribution in [3.05, 3.63) is 48.0 Å². The van der Waals surface area contributed by atoms with Crippen LogP contribution in [0.2, 0.25) is 0 Å². The number of amides is 1. The van der Waals surface area contributed by atoms with Crippen LogP contribution in [0.1, 0.15) is 17.7 Å². The summed E-state index contributed by atoms with van der Waals surface area (Å²) in [5, 5.41) is 0. The number of carbonyl (C=O) groups is 2.